The van der Waals surface area contributed by atoms with E-state index >= 15 is 0 Å². The van der Waals surface area contributed by atoms with Gasteiger partial charge in [0.1, 0.15) is 12.6 Å². The van der Waals surface area contributed by atoms with Gasteiger partial charge >= 0.3 is 6.03 Å². The Morgan fingerprint density at radius 1 is 1.24 bits per heavy atom. The van der Waals surface area contributed by atoms with Crippen LogP contribution in [-0.4, -0.2) is 50.3 Å². The fraction of sp³-hybridized carbons (Fsp3) is 0.556. The molecule has 7 nitrogen and oxygen atoms in total. The van der Waals surface area contributed by atoms with E-state index in [2.05, 4.69) is 5.32 Å². The van der Waals surface area contributed by atoms with Gasteiger partial charge in [0.15, 0.2) is 18.2 Å². The topological polar surface area (TPSA) is 72.3 Å². The second-order valence-electron chi connectivity index (χ2n) is 6.27. The second kappa shape index (κ2) is 8.71. The molecule has 138 valence electrons. The molecule has 1 aliphatic heterocycles. The van der Waals surface area contributed by atoms with Crippen LogP contribution in [0.25, 0.3) is 0 Å². The summed E-state index contributed by atoms with van der Waals surface area (Å²) in [5.41, 5.74) is 1.05. The number of methoxy groups -OCH3 is 1. The van der Waals surface area contributed by atoms with Crippen molar-refractivity contribution in [2.75, 3.05) is 27.4 Å². The molecule has 1 heterocycles. The Morgan fingerprint density at radius 2 is 2.00 bits per heavy atom. The van der Waals surface area contributed by atoms with Crippen molar-refractivity contribution in [3.8, 4) is 11.5 Å². The number of hydrogen-bond donors (Lipinski definition) is 2. The van der Waals surface area contributed by atoms with Gasteiger partial charge in [-0.25, -0.2) is 9.69 Å². The first-order chi connectivity index (χ1) is 12.0. The minimum absolute atomic E-state index is 0.129. The van der Waals surface area contributed by atoms with Crippen LogP contribution in [0.1, 0.15) is 32.3 Å². The van der Waals surface area contributed by atoms with E-state index in [-0.39, 0.29) is 18.0 Å². The maximum absolute atomic E-state index is 12.3. The lowest BCUT2D eigenvalue weighted by Gasteiger charge is -2.20. The van der Waals surface area contributed by atoms with Crippen LogP contribution in [0.3, 0.4) is 0 Å². The molecular weight excluding hydrogens is 322 g/mol. The number of rotatable bonds is 9. The number of benzene rings is 1. The molecule has 1 aliphatic rings. The first kappa shape index (κ1) is 19.1. The van der Waals surface area contributed by atoms with Gasteiger partial charge in [0.2, 0.25) is 0 Å². The van der Waals surface area contributed by atoms with Crippen LogP contribution >= 0.6 is 0 Å². The third-order valence-electron chi connectivity index (χ3n) is 4.15. The van der Waals surface area contributed by atoms with E-state index < -0.39 is 0 Å². The highest BCUT2D eigenvalue weighted by molar-refractivity contribution is 6.03. The summed E-state index contributed by atoms with van der Waals surface area (Å²) in [5.74, 6) is 1.27. The molecule has 0 aliphatic carbocycles. The Morgan fingerprint density at radius 3 is 2.64 bits per heavy atom. The monoisotopic (exact) mass is 350 g/mol. The Balaban J connectivity index is 1.99. The summed E-state index contributed by atoms with van der Waals surface area (Å²) < 4.78 is 10.9. The van der Waals surface area contributed by atoms with E-state index in [1.165, 1.54) is 4.90 Å². The van der Waals surface area contributed by atoms with E-state index in [0.717, 1.165) is 16.9 Å². The average molecular weight is 350 g/mol. The molecule has 1 saturated heterocycles. The molecule has 0 aromatic heterocycles. The number of amides is 3. The van der Waals surface area contributed by atoms with Crippen molar-refractivity contribution in [1.29, 1.82) is 0 Å². The number of nitrogens with one attached hydrogen (secondary N) is 2. The van der Waals surface area contributed by atoms with Gasteiger partial charge in [0.05, 0.1) is 20.8 Å². The molecule has 1 unspecified atom stereocenters. The zero-order valence-electron chi connectivity index (χ0n) is 15.4. The van der Waals surface area contributed by atoms with Gasteiger partial charge in [-0.3, -0.25) is 4.79 Å². The number of ether oxygens (including phenoxy) is 2. The number of hydrogen-bond acceptors (Lipinski definition) is 4. The molecule has 1 aromatic rings. The van der Waals surface area contributed by atoms with Crippen molar-refractivity contribution >= 4 is 11.9 Å². The van der Waals surface area contributed by atoms with Crippen LogP contribution in [0.15, 0.2) is 18.2 Å². The Bertz CT molecular complexity index is 620. The number of quaternary nitrogens is 1. The highest BCUT2D eigenvalue weighted by Crippen LogP contribution is 2.27. The first-order valence-corrected chi connectivity index (χ1v) is 8.73. The number of nitrogens with zero attached hydrogens (tertiary/aromatic N) is 1. The summed E-state index contributed by atoms with van der Waals surface area (Å²) in [6.45, 7) is 5.50. The minimum Gasteiger partial charge on any atom is -0.493 e. The summed E-state index contributed by atoms with van der Waals surface area (Å²) in [6, 6.07) is 5.11. The largest absolute Gasteiger partial charge is 0.493 e. The third kappa shape index (κ3) is 4.63. The van der Waals surface area contributed by atoms with Crippen LogP contribution in [0, 0.1) is 0 Å². The summed E-state index contributed by atoms with van der Waals surface area (Å²) in [4.78, 5) is 26.7. The van der Waals surface area contributed by atoms with Crippen LogP contribution < -0.4 is 19.7 Å². The third-order valence-corrected chi connectivity index (χ3v) is 4.15. The highest BCUT2D eigenvalue weighted by Gasteiger charge is 2.38. The average Bonchev–Trinajstić information content (AvgIpc) is 2.84. The summed E-state index contributed by atoms with van der Waals surface area (Å²) >= 11 is 0. The van der Waals surface area contributed by atoms with Gasteiger partial charge in [0.25, 0.3) is 5.91 Å². The molecule has 0 bridgehead atoms. The number of carbonyl (C=O) groups excluding carboxylic acids is 2. The molecule has 1 aromatic carbocycles. The van der Waals surface area contributed by atoms with E-state index in [1.807, 2.05) is 39.1 Å². The molecule has 2 atom stereocenters. The van der Waals surface area contributed by atoms with Crippen molar-refractivity contribution in [1.82, 2.24) is 10.2 Å². The molecule has 25 heavy (non-hydrogen) atoms. The van der Waals surface area contributed by atoms with Crippen molar-refractivity contribution in [2.45, 2.75) is 39.3 Å². The Kier molecular flexibility index (Phi) is 6.64. The quantitative estimate of drug-likeness (QED) is 0.646. The Labute approximate surface area is 148 Å². The molecule has 2 rings (SSSR count). The molecule has 0 saturated carbocycles. The van der Waals surface area contributed by atoms with Gasteiger partial charge < -0.3 is 19.7 Å². The highest BCUT2D eigenvalue weighted by atomic mass is 16.5. The van der Waals surface area contributed by atoms with Crippen LogP contribution in [0.5, 0.6) is 11.5 Å². The fourth-order valence-electron chi connectivity index (χ4n) is 2.98. The molecule has 3 amide bonds. The zero-order chi connectivity index (χ0) is 18.4. The van der Waals surface area contributed by atoms with Crippen molar-refractivity contribution < 1.29 is 24.0 Å². The maximum atomic E-state index is 12.3. The van der Waals surface area contributed by atoms with E-state index in [1.54, 1.807) is 7.11 Å². The molecule has 2 N–H and O–H groups in total. The minimum atomic E-state index is -0.379. The fourth-order valence-corrected chi connectivity index (χ4v) is 2.98. The smallest absolute Gasteiger partial charge is 0.329 e. The van der Waals surface area contributed by atoms with E-state index in [9.17, 15) is 9.59 Å². The molecule has 1 fully saturated rings. The van der Waals surface area contributed by atoms with Gasteiger partial charge in [0, 0.05) is 5.56 Å². The number of imide groups is 1. The van der Waals surface area contributed by atoms with Crippen LogP contribution in [0.4, 0.5) is 4.79 Å². The van der Waals surface area contributed by atoms with Crippen LogP contribution in [0.2, 0.25) is 0 Å². The van der Waals surface area contributed by atoms with E-state index in [0.29, 0.717) is 37.7 Å². The zero-order valence-corrected chi connectivity index (χ0v) is 15.4. The molecule has 7 heteroatoms. The van der Waals surface area contributed by atoms with Gasteiger partial charge in [-0.15, -0.1) is 0 Å². The molecular formula is C18H28N3O4+. The van der Waals surface area contributed by atoms with Gasteiger partial charge in [-0.05, 0) is 31.5 Å². The van der Waals surface area contributed by atoms with Gasteiger partial charge in [-0.1, -0.05) is 13.3 Å². The summed E-state index contributed by atoms with van der Waals surface area (Å²) in [7, 11) is 3.57. The predicted molar refractivity (Wildman–Crippen MR) is 93.7 cm³/mol. The first-order valence-electron chi connectivity index (χ1n) is 8.73. The van der Waals surface area contributed by atoms with Crippen molar-refractivity contribution in [3.05, 3.63) is 23.8 Å². The lowest BCUT2D eigenvalue weighted by molar-refractivity contribution is -0.901. The Hall–Kier alpha value is -2.28. The predicted octanol–water partition coefficient (Wildman–Crippen LogP) is 0.787. The van der Waals surface area contributed by atoms with Crippen molar-refractivity contribution in [3.63, 3.8) is 0 Å². The SMILES string of the molecule is CCC[C@H]1NC(=O)N(C[NH+](C)Cc2ccc(OCC)c(OC)c2)C1=O. The lowest BCUT2D eigenvalue weighted by Crippen LogP contribution is -3.09. The number of carbonyl (C=O) groups is 2. The van der Waals surface area contributed by atoms with E-state index in [4.69, 9.17) is 9.47 Å². The normalized spacial score (nSPS) is 18.2. The standard InChI is InChI=1S/C18H27N3O4/c1-5-7-14-17(22)21(18(23)19-14)12-20(3)11-13-8-9-15(25-6-2)16(10-13)24-4/h8-10,14H,5-7,11-12H2,1-4H3,(H,19,23)/p+1/t14-/m1/s1. The summed E-state index contributed by atoms with van der Waals surface area (Å²) in [5, 5.41) is 2.75. The maximum Gasteiger partial charge on any atom is 0.329 e. The second-order valence-corrected chi connectivity index (χ2v) is 6.27. The van der Waals surface area contributed by atoms with Gasteiger partial charge in [-0.2, -0.15) is 0 Å². The van der Waals surface area contributed by atoms with Crippen LogP contribution in [-0.2, 0) is 11.3 Å². The summed E-state index contributed by atoms with van der Waals surface area (Å²) in [6.07, 6.45) is 1.54. The molecule has 0 radical (unpaired) electrons. The lowest BCUT2D eigenvalue weighted by atomic mass is 10.2. The number of urea groups is 1. The van der Waals surface area contributed by atoms with Crippen molar-refractivity contribution in [2.24, 2.45) is 0 Å². The molecule has 0 spiro atoms.